The number of rotatable bonds is 6. The highest BCUT2D eigenvalue weighted by Crippen LogP contribution is 2.15. The molecule has 1 aromatic heterocycles. The van der Waals surface area contributed by atoms with Gasteiger partial charge < -0.3 is 15.1 Å². The van der Waals surface area contributed by atoms with Crippen LogP contribution in [-0.2, 0) is 14.8 Å². The van der Waals surface area contributed by atoms with Gasteiger partial charge in [-0.3, -0.25) is 4.79 Å². The highest BCUT2D eigenvalue weighted by molar-refractivity contribution is 7.89. The highest BCUT2D eigenvalue weighted by atomic mass is 32.2. The van der Waals surface area contributed by atoms with Crippen LogP contribution in [-0.4, -0.2) is 36.0 Å². The van der Waals surface area contributed by atoms with Gasteiger partial charge in [-0.05, 0) is 24.6 Å². The maximum Gasteiger partial charge on any atom is 0.323 e. The molecule has 0 fully saturated rings. The largest absolute Gasteiger partial charge is 0.481 e. The summed E-state index contributed by atoms with van der Waals surface area (Å²) in [5.74, 6) is -1.60. The van der Waals surface area contributed by atoms with Gasteiger partial charge in [0.05, 0.1) is 21.8 Å². The highest BCUT2D eigenvalue weighted by Gasteiger charge is 2.17. The standard InChI is InChI=1S/C12H15N3O5S/c1-7(11(16)17)4-5-13-21(19,20)8-2-3-9-10(6-8)15-12(18)14-9/h2-3,6-7,13H,4-5H2,1H3,(H,16,17)(H2,14,15,18). The van der Waals surface area contributed by atoms with E-state index < -0.39 is 27.6 Å². The van der Waals surface area contributed by atoms with Crippen molar-refractivity contribution in [3.8, 4) is 0 Å². The number of carboxylic acid groups (broad SMARTS) is 1. The number of H-pyrrole nitrogens is 2. The number of nitrogens with one attached hydrogen (secondary N) is 3. The molecule has 0 radical (unpaired) electrons. The van der Waals surface area contributed by atoms with Crippen molar-refractivity contribution in [2.75, 3.05) is 6.54 Å². The topological polar surface area (TPSA) is 132 Å². The monoisotopic (exact) mass is 313 g/mol. The first kappa shape index (κ1) is 15.3. The number of aromatic amines is 2. The molecule has 0 bridgehead atoms. The van der Waals surface area contributed by atoms with Crippen molar-refractivity contribution in [2.24, 2.45) is 5.92 Å². The number of aromatic nitrogens is 2. The zero-order chi connectivity index (χ0) is 15.6. The van der Waals surface area contributed by atoms with Crippen LogP contribution in [0.4, 0.5) is 0 Å². The third kappa shape index (κ3) is 3.50. The summed E-state index contributed by atoms with van der Waals surface area (Å²) in [4.78, 5) is 26.8. The van der Waals surface area contributed by atoms with E-state index in [2.05, 4.69) is 14.7 Å². The number of imidazole rings is 1. The van der Waals surface area contributed by atoms with Gasteiger partial charge in [0.2, 0.25) is 10.0 Å². The Morgan fingerprint density at radius 3 is 2.67 bits per heavy atom. The SMILES string of the molecule is CC(CCNS(=O)(=O)c1ccc2[nH]c(=O)[nH]c2c1)C(=O)O. The molecule has 0 saturated carbocycles. The van der Waals surface area contributed by atoms with E-state index in [1.54, 1.807) is 0 Å². The van der Waals surface area contributed by atoms with Crippen molar-refractivity contribution < 1.29 is 18.3 Å². The van der Waals surface area contributed by atoms with E-state index >= 15 is 0 Å². The van der Waals surface area contributed by atoms with Crippen molar-refractivity contribution >= 4 is 27.0 Å². The molecule has 0 spiro atoms. The summed E-state index contributed by atoms with van der Waals surface area (Å²) < 4.78 is 26.5. The van der Waals surface area contributed by atoms with Crippen LogP contribution in [0.25, 0.3) is 11.0 Å². The average Bonchev–Trinajstić information content (AvgIpc) is 2.77. The van der Waals surface area contributed by atoms with Gasteiger partial charge in [-0.2, -0.15) is 0 Å². The van der Waals surface area contributed by atoms with Gasteiger partial charge in [0, 0.05) is 6.54 Å². The summed E-state index contributed by atoms with van der Waals surface area (Å²) >= 11 is 0. The summed E-state index contributed by atoms with van der Waals surface area (Å²) in [6, 6.07) is 4.20. The summed E-state index contributed by atoms with van der Waals surface area (Å²) in [5.41, 5.74) is 0.489. The fraction of sp³-hybridized carbons (Fsp3) is 0.333. The molecule has 0 aliphatic carbocycles. The van der Waals surface area contributed by atoms with Crippen LogP contribution in [0.3, 0.4) is 0 Å². The van der Waals surface area contributed by atoms with E-state index in [1.807, 2.05) is 0 Å². The van der Waals surface area contributed by atoms with E-state index in [1.165, 1.54) is 25.1 Å². The Kier molecular flexibility index (Phi) is 4.14. The zero-order valence-electron chi connectivity index (χ0n) is 11.2. The van der Waals surface area contributed by atoms with Gasteiger partial charge in [-0.1, -0.05) is 6.92 Å². The first-order valence-corrected chi connectivity index (χ1v) is 7.72. The van der Waals surface area contributed by atoms with Crippen LogP contribution in [0.1, 0.15) is 13.3 Å². The summed E-state index contributed by atoms with van der Waals surface area (Å²) in [6.07, 6.45) is 0.192. The minimum atomic E-state index is -3.74. The third-order valence-corrected chi connectivity index (χ3v) is 4.55. The minimum absolute atomic E-state index is 0.00762. The summed E-state index contributed by atoms with van der Waals surface area (Å²) in [6.45, 7) is 1.53. The molecule has 0 amide bonds. The minimum Gasteiger partial charge on any atom is -0.481 e. The number of aliphatic carboxylic acids is 1. The van der Waals surface area contributed by atoms with Gasteiger partial charge in [-0.25, -0.2) is 17.9 Å². The van der Waals surface area contributed by atoms with Crippen molar-refractivity contribution in [3.05, 3.63) is 28.7 Å². The molecule has 9 heteroatoms. The molecule has 1 aromatic carbocycles. The van der Waals surface area contributed by atoms with E-state index in [0.717, 1.165) is 0 Å². The number of hydrogen-bond acceptors (Lipinski definition) is 4. The molecule has 2 rings (SSSR count). The van der Waals surface area contributed by atoms with Crippen LogP contribution in [0, 0.1) is 5.92 Å². The first-order valence-electron chi connectivity index (χ1n) is 6.24. The molecule has 114 valence electrons. The lowest BCUT2D eigenvalue weighted by atomic mass is 10.1. The van der Waals surface area contributed by atoms with E-state index in [4.69, 9.17) is 5.11 Å². The Labute approximate surface area is 120 Å². The summed E-state index contributed by atoms with van der Waals surface area (Å²) in [7, 11) is -3.74. The molecular weight excluding hydrogens is 298 g/mol. The van der Waals surface area contributed by atoms with E-state index in [0.29, 0.717) is 11.0 Å². The van der Waals surface area contributed by atoms with Crippen molar-refractivity contribution in [1.29, 1.82) is 0 Å². The number of sulfonamides is 1. The van der Waals surface area contributed by atoms with Crippen LogP contribution < -0.4 is 10.4 Å². The molecule has 0 saturated heterocycles. The number of carboxylic acids is 1. The van der Waals surface area contributed by atoms with Gasteiger partial charge >= 0.3 is 11.7 Å². The lowest BCUT2D eigenvalue weighted by Crippen LogP contribution is -2.27. The molecule has 2 aromatic rings. The van der Waals surface area contributed by atoms with Crippen LogP contribution >= 0.6 is 0 Å². The predicted octanol–water partition coefficient (Wildman–Crippen LogP) is 0.245. The van der Waals surface area contributed by atoms with E-state index in [9.17, 15) is 18.0 Å². The van der Waals surface area contributed by atoms with Crippen LogP contribution in [0.5, 0.6) is 0 Å². The normalized spacial score (nSPS) is 13.4. The Morgan fingerprint density at radius 1 is 1.33 bits per heavy atom. The number of fused-ring (bicyclic) bond motifs is 1. The number of benzene rings is 1. The average molecular weight is 313 g/mol. The quantitative estimate of drug-likeness (QED) is 0.606. The molecule has 8 nitrogen and oxygen atoms in total. The van der Waals surface area contributed by atoms with Crippen molar-refractivity contribution in [3.63, 3.8) is 0 Å². The molecule has 1 unspecified atom stereocenters. The first-order chi connectivity index (χ1) is 9.79. The Hall–Kier alpha value is -2.13. The Balaban J connectivity index is 2.13. The van der Waals surface area contributed by atoms with Gasteiger partial charge in [-0.15, -0.1) is 0 Å². The Morgan fingerprint density at radius 2 is 2.00 bits per heavy atom. The van der Waals surface area contributed by atoms with Gasteiger partial charge in [0.25, 0.3) is 0 Å². The van der Waals surface area contributed by atoms with E-state index in [-0.39, 0.29) is 17.9 Å². The second-order valence-corrected chi connectivity index (χ2v) is 6.48. The molecule has 1 heterocycles. The number of hydrogen-bond donors (Lipinski definition) is 4. The smallest absolute Gasteiger partial charge is 0.323 e. The lowest BCUT2D eigenvalue weighted by Gasteiger charge is -2.08. The Bertz CT molecular complexity index is 821. The zero-order valence-corrected chi connectivity index (χ0v) is 12.0. The summed E-state index contributed by atoms with van der Waals surface area (Å²) in [5, 5.41) is 8.73. The molecule has 0 aliphatic heterocycles. The van der Waals surface area contributed by atoms with Crippen LogP contribution in [0.15, 0.2) is 27.9 Å². The maximum absolute atomic E-state index is 12.1. The molecular formula is C12H15N3O5S. The molecule has 21 heavy (non-hydrogen) atoms. The van der Waals surface area contributed by atoms with Crippen molar-refractivity contribution in [2.45, 2.75) is 18.2 Å². The van der Waals surface area contributed by atoms with Gasteiger partial charge in [0.15, 0.2) is 0 Å². The van der Waals surface area contributed by atoms with Gasteiger partial charge in [0.1, 0.15) is 0 Å². The third-order valence-electron chi connectivity index (χ3n) is 3.09. The number of carbonyl (C=O) groups is 1. The van der Waals surface area contributed by atoms with Crippen molar-refractivity contribution in [1.82, 2.24) is 14.7 Å². The fourth-order valence-corrected chi connectivity index (χ4v) is 2.87. The molecule has 4 N–H and O–H groups in total. The molecule has 1 atom stereocenters. The predicted molar refractivity (Wildman–Crippen MR) is 75.5 cm³/mol. The van der Waals surface area contributed by atoms with Crippen LogP contribution in [0.2, 0.25) is 0 Å². The molecule has 0 aliphatic rings. The lowest BCUT2D eigenvalue weighted by molar-refractivity contribution is -0.141. The second kappa shape index (κ2) is 5.70. The fourth-order valence-electron chi connectivity index (χ4n) is 1.80. The maximum atomic E-state index is 12.1. The second-order valence-electron chi connectivity index (χ2n) is 4.71.